The van der Waals surface area contributed by atoms with Crippen LogP contribution in [0.3, 0.4) is 0 Å². The first-order valence-electron chi connectivity index (χ1n) is 49.5. The van der Waals surface area contributed by atoms with Gasteiger partial charge in [0.15, 0.2) is 0 Å². The van der Waals surface area contributed by atoms with E-state index in [0.717, 1.165) is 147 Å². The van der Waals surface area contributed by atoms with Gasteiger partial charge in [0.05, 0.1) is 19.1 Å². The molecule has 19 N–H and O–H groups in total. The third kappa shape index (κ3) is 32.4. The maximum Gasteiger partial charge on any atom is 0.217 e. The summed E-state index contributed by atoms with van der Waals surface area (Å²) in [5.74, 6) is -1.00. The van der Waals surface area contributed by atoms with Gasteiger partial charge in [0.25, 0.3) is 0 Å². The largest absolute Gasteiger partial charge is 0.508 e. The van der Waals surface area contributed by atoms with Gasteiger partial charge in [-0.25, -0.2) is 13.2 Å². The summed E-state index contributed by atoms with van der Waals surface area (Å²) in [7, 11) is 1.66. The van der Waals surface area contributed by atoms with Crippen LogP contribution in [0.1, 0.15) is 77.0 Å². The van der Waals surface area contributed by atoms with Crippen molar-refractivity contribution in [3.05, 3.63) is 289 Å². The van der Waals surface area contributed by atoms with Gasteiger partial charge in [-0.3, -0.25) is 28.8 Å². The van der Waals surface area contributed by atoms with E-state index < -0.39 is 17.5 Å². The zero-order valence-corrected chi connectivity index (χ0v) is 83.7. The molecule has 6 atom stereocenters. The number of nitrogens with zero attached hydrogens (tertiary/aromatic N) is 12. The van der Waals surface area contributed by atoms with E-state index in [1.54, 1.807) is 134 Å². The molecule has 2 aromatic heterocycles. The van der Waals surface area contributed by atoms with Crippen molar-refractivity contribution in [1.82, 2.24) is 0 Å². The van der Waals surface area contributed by atoms with E-state index in [1.165, 1.54) is 30.0 Å². The molecule has 0 aliphatic carbocycles. The van der Waals surface area contributed by atoms with Crippen LogP contribution in [0, 0.1) is 17.5 Å². The lowest BCUT2D eigenvalue weighted by atomic mass is 10.0. The topological polar surface area (TPSA) is 461 Å². The second-order valence-corrected chi connectivity index (χ2v) is 38.0. The van der Waals surface area contributed by atoms with Gasteiger partial charge in [-0.15, -0.1) is 0 Å². The minimum atomic E-state index is -0.621. The van der Waals surface area contributed by atoms with Crippen LogP contribution in [0.5, 0.6) is 46.0 Å². The number of amides is 6. The lowest BCUT2D eigenvalue weighted by molar-refractivity contribution is -0.119. The van der Waals surface area contributed by atoms with Crippen LogP contribution < -0.4 is 97.9 Å². The molecule has 0 radical (unpaired) electrons. The Bertz CT molecular complexity index is 6060. The molecule has 6 amide bonds. The molecule has 6 aliphatic rings. The molecule has 6 aliphatic heterocycles. The molecule has 10 aromatic carbocycles. The van der Waals surface area contributed by atoms with Crippen molar-refractivity contribution in [2.45, 2.75) is 113 Å². The number of ether oxygens (including phenoxy) is 1. The zero-order chi connectivity index (χ0) is 105. The fraction of sp³-hybridized carbons (Fsp3) is 0.333. The number of methoxy groups -OCH3 is 1. The number of hydrogen-bond donors (Lipinski definition) is 13. The minimum Gasteiger partial charge on any atom is -0.508 e. The van der Waals surface area contributed by atoms with Gasteiger partial charge >= 0.3 is 0 Å². The highest BCUT2D eigenvalue weighted by molar-refractivity contribution is 7.08. The molecular weight excluding hydrogens is 1910 g/mol. The van der Waals surface area contributed by atoms with E-state index in [-0.39, 0.29) is 125 Å². The fourth-order valence-corrected chi connectivity index (χ4v) is 20.4. The van der Waals surface area contributed by atoms with E-state index in [1.807, 2.05) is 108 Å². The summed E-state index contributed by atoms with van der Waals surface area (Å²) in [5.41, 5.74) is 43.2. The van der Waals surface area contributed by atoms with Crippen LogP contribution in [0.2, 0.25) is 0 Å². The SMILES string of the molecule is COc1cccc(N2CCN(c3cccc(O)c3)C(CCC(N)=O)C2)c1.NC(=O)CCC1CN(c2cc(F)cc(F)c2)CCN1c1cccc(O)c1.NC(=O)CCC1CN(c2cccc(F)c2)CCN1c1cccc(O)c1.NC(=O)CCC1CN(c2cccc(O)c2)CCN1c1cccc(O)c1.NC(=O)CCC1CN(c2ccoc2)CCN1c1cccc(O)c1.NC(=O)CCC1CN(c2ccsc2)CCN1c1cccc(O)c1. The zero-order valence-electron chi connectivity index (χ0n) is 82.9. The molecule has 784 valence electrons. The highest BCUT2D eigenvalue weighted by atomic mass is 32.1. The molecule has 0 spiro atoms. The Hall–Kier alpha value is -16.2. The van der Waals surface area contributed by atoms with Crippen LogP contribution in [0.4, 0.5) is 81.4 Å². The van der Waals surface area contributed by atoms with Crippen LogP contribution in [0.15, 0.2) is 276 Å². The average Bonchev–Trinajstić information content (AvgIpc) is 1.59. The van der Waals surface area contributed by atoms with Gasteiger partial charge in [0.1, 0.15) is 69.7 Å². The maximum atomic E-state index is 13.6. The summed E-state index contributed by atoms with van der Waals surface area (Å²) >= 11 is 1.69. The Morgan fingerprint density at radius 3 is 0.784 bits per heavy atom. The van der Waals surface area contributed by atoms with Gasteiger partial charge < -0.3 is 138 Å². The third-order valence-electron chi connectivity index (χ3n) is 27.0. The minimum absolute atomic E-state index is 0.0475. The number of primary amides is 6. The summed E-state index contributed by atoms with van der Waals surface area (Å²) in [5, 5.41) is 72.5. The molecule has 6 unspecified atom stereocenters. The second-order valence-electron chi connectivity index (χ2n) is 37.2. The molecule has 0 saturated carbocycles. The number of aromatic hydroxyl groups is 7. The van der Waals surface area contributed by atoms with Crippen LogP contribution in [-0.2, 0) is 28.8 Å². The Kier molecular flexibility index (Phi) is 39.5. The predicted molar refractivity (Wildman–Crippen MR) is 576 cm³/mol. The maximum absolute atomic E-state index is 13.6. The number of halogens is 3. The van der Waals surface area contributed by atoms with Crippen molar-refractivity contribution >= 4 is 115 Å². The summed E-state index contributed by atoms with van der Waals surface area (Å²) in [6.45, 7) is 13.5. The van der Waals surface area contributed by atoms with Crippen molar-refractivity contribution in [1.29, 1.82) is 0 Å². The molecule has 148 heavy (non-hydrogen) atoms. The first-order chi connectivity index (χ1) is 71.3. The van der Waals surface area contributed by atoms with Crippen LogP contribution in [-0.4, -0.2) is 232 Å². The second kappa shape index (κ2) is 53.6. The van der Waals surface area contributed by atoms with Crippen molar-refractivity contribution in [2.75, 3.05) is 184 Å². The molecule has 6 fully saturated rings. The van der Waals surface area contributed by atoms with Crippen molar-refractivity contribution < 1.29 is 86.8 Å². The summed E-state index contributed by atoms with van der Waals surface area (Å²) in [4.78, 5) is 93.8. The van der Waals surface area contributed by atoms with Crippen molar-refractivity contribution in [3.63, 3.8) is 0 Å². The van der Waals surface area contributed by atoms with Gasteiger partial charge in [0.2, 0.25) is 35.4 Å². The number of furan rings is 1. The molecule has 8 heterocycles. The predicted octanol–water partition coefficient (Wildman–Crippen LogP) is 13.9. The van der Waals surface area contributed by atoms with Crippen LogP contribution in [0.25, 0.3) is 0 Å². The monoisotopic (exact) mass is 2050 g/mol. The summed E-state index contributed by atoms with van der Waals surface area (Å²) in [6.07, 6.45) is 9.09. The average molecular weight is 2050 g/mol. The third-order valence-corrected chi connectivity index (χ3v) is 27.6. The molecule has 0 bridgehead atoms. The van der Waals surface area contributed by atoms with Crippen LogP contribution >= 0.6 is 11.3 Å². The van der Waals surface area contributed by atoms with E-state index in [4.69, 9.17) is 43.6 Å². The van der Waals surface area contributed by atoms with E-state index in [9.17, 15) is 77.7 Å². The van der Waals surface area contributed by atoms with E-state index >= 15 is 0 Å². The Morgan fingerprint density at radius 1 is 0.284 bits per heavy atom. The van der Waals surface area contributed by atoms with Gasteiger partial charge in [-0.1, -0.05) is 54.6 Å². The number of thiophene rings is 1. The molecule has 12 aromatic rings. The van der Waals surface area contributed by atoms with E-state index in [0.29, 0.717) is 109 Å². The molecular formula is C111H133F3N18O15S. The number of nitrogens with two attached hydrogens (primary N) is 6. The number of hydrogen-bond acceptors (Lipinski definition) is 28. The quantitative estimate of drug-likeness (QED) is 0.0192. The summed E-state index contributed by atoms with van der Waals surface area (Å²) in [6, 6.07) is 72.7. The molecule has 33 nitrogen and oxygen atoms in total. The molecule has 37 heteroatoms. The normalized spacial score (nSPS) is 17.6. The van der Waals surface area contributed by atoms with Crippen molar-refractivity contribution in [3.8, 4) is 46.0 Å². The number of benzene rings is 10. The first kappa shape index (κ1) is 109. The Balaban J connectivity index is 0.000000148. The first-order valence-corrected chi connectivity index (χ1v) is 50.5. The van der Waals surface area contributed by atoms with Crippen molar-refractivity contribution in [2.24, 2.45) is 34.4 Å². The number of phenols is 7. The number of carbonyl (C=O) groups excluding carboxylic acids is 6. The number of anilines is 12. The summed E-state index contributed by atoms with van der Waals surface area (Å²) < 4.78 is 51.1. The van der Waals surface area contributed by atoms with E-state index in [2.05, 4.69) is 76.8 Å². The molecule has 18 rings (SSSR count). The van der Waals surface area contributed by atoms with Gasteiger partial charge in [-0.05, 0) is 183 Å². The standard InChI is InChI=1S/C20H25N3O3.C19H21F2N3O2.C19H22FN3O2.C19H23N3O3.C17H21N3O3.C17H21N3O2S/c1-26-19-7-3-4-15(13-19)22-10-11-23(16-5-2-6-18(24)12-16)17(14-22)8-9-20(21)25;20-13-8-14(21)10-17(9-13)23-6-7-24(15-2-1-3-18(25)11-15)16(12-23)4-5-19(22)26;20-14-3-1-4-15(11-14)22-9-10-23(16-5-2-6-18(24)12-16)17(13-22)7-8-19(21)25;20-19(25)8-7-16-13-21(14-3-1-5-17(23)11-14)9-10-22(16)15-4-2-6-18(24)12-15;2*18-17(22)5-4-14-11-19(15-6-9-23-12-15)7-8-20(14)13-2-1-3-16(21)10-13/h2-7,12-13,17,24H,8-11,14H2,1H3,(H2,21,25);1-3,8-11,16,25H,4-7,12H2,(H2,22,26);1-6,11-12,17,24H,7-10,13H2,(H2,21,25);1-6,11-12,16,23-24H,7-10,13H2,(H2,20,25);2*1-3,6,9-10,12,14,21H,4-5,7-8,11H2,(H2,18,22). The van der Waals surface area contributed by atoms with Gasteiger partial charge in [-0.2, -0.15) is 11.3 Å². The smallest absolute Gasteiger partial charge is 0.217 e. The number of carbonyl (C=O) groups is 6. The fourth-order valence-electron chi connectivity index (χ4n) is 19.7. The number of phenolic OH excluding ortho intramolecular Hbond substituents is 7. The number of piperazine rings is 6. The Labute approximate surface area is 863 Å². The highest BCUT2D eigenvalue weighted by Gasteiger charge is 2.36. The number of rotatable bonds is 31. The lowest BCUT2D eigenvalue weighted by Gasteiger charge is -2.44. The molecule has 6 saturated heterocycles. The highest BCUT2D eigenvalue weighted by Crippen LogP contribution is 2.38. The Morgan fingerprint density at radius 2 is 0.527 bits per heavy atom. The lowest BCUT2D eigenvalue weighted by Crippen LogP contribution is -2.53. The van der Waals surface area contributed by atoms with Gasteiger partial charge in [0, 0.05) is 315 Å².